The molecular formula is C17H21Cl2N3O3. The number of ether oxygens (including phenoxy) is 2. The van der Waals surface area contributed by atoms with Crippen LogP contribution in [0.1, 0.15) is 13.8 Å². The summed E-state index contributed by atoms with van der Waals surface area (Å²) >= 11 is 11.7. The number of benzene rings is 1. The molecule has 0 bridgehead atoms. The monoisotopic (exact) mass is 385 g/mol. The molecule has 1 aromatic heterocycles. The second kappa shape index (κ2) is 9.20. The zero-order valence-corrected chi connectivity index (χ0v) is 15.6. The molecule has 1 heterocycles. The van der Waals surface area contributed by atoms with Gasteiger partial charge in [-0.3, -0.25) is 0 Å². The first-order chi connectivity index (χ1) is 11.9. The van der Waals surface area contributed by atoms with Crippen LogP contribution in [0.15, 0.2) is 36.4 Å². The average molecular weight is 386 g/mol. The van der Waals surface area contributed by atoms with Crippen molar-refractivity contribution in [3.63, 3.8) is 0 Å². The third-order valence-electron chi connectivity index (χ3n) is 3.27. The lowest BCUT2D eigenvalue weighted by molar-refractivity contribution is 0.0923. The predicted octanol–water partition coefficient (Wildman–Crippen LogP) is 2.97. The van der Waals surface area contributed by atoms with Gasteiger partial charge in [-0.25, -0.2) is 0 Å². The van der Waals surface area contributed by atoms with E-state index in [1.807, 2.05) is 26.0 Å². The molecule has 2 aromatic rings. The summed E-state index contributed by atoms with van der Waals surface area (Å²) in [6.45, 7) is 4.74. The van der Waals surface area contributed by atoms with Crippen molar-refractivity contribution in [3.8, 4) is 11.6 Å². The lowest BCUT2D eigenvalue weighted by Gasteiger charge is -2.27. The Hall–Kier alpha value is -1.60. The molecule has 0 aliphatic rings. The van der Waals surface area contributed by atoms with Crippen molar-refractivity contribution < 1.29 is 14.6 Å². The fourth-order valence-corrected chi connectivity index (χ4v) is 2.18. The average Bonchev–Trinajstić information content (AvgIpc) is 2.59. The van der Waals surface area contributed by atoms with Gasteiger partial charge >= 0.3 is 0 Å². The summed E-state index contributed by atoms with van der Waals surface area (Å²) in [6, 6.07) is 10.4. The minimum Gasteiger partial charge on any atom is -0.489 e. The molecule has 0 spiro atoms. The van der Waals surface area contributed by atoms with E-state index in [1.165, 1.54) is 0 Å². The molecule has 0 saturated heterocycles. The van der Waals surface area contributed by atoms with Crippen LogP contribution < -0.4 is 14.8 Å². The minimum absolute atomic E-state index is 0.135. The van der Waals surface area contributed by atoms with E-state index < -0.39 is 6.10 Å². The van der Waals surface area contributed by atoms with Gasteiger partial charge in [0.25, 0.3) is 0 Å². The van der Waals surface area contributed by atoms with Gasteiger partial charge in [0, 0.05) is 18.2 Å². The molecule has 2 N–H and O–H groups in total. The number of β-amino-alcohol motifs (C(OH)–C–C–N with tert-alkyl or cyclic N) is 1. The van der Waals surface area contributed by atoms with E-state index in [9.17, 15) is 5.11 Å². The standard InChI is InChI=1S/C17H21Cl2N3O3/c1-17(2,11-25-16-8-7-15(19)21-22-16)20-9-12(23)10-24-14-6-4-3-5-13(14)18/h3-8,12,20,23H,9-11H2,1-2H3/t12-/m0/s1. The van der Waals surface area contributed by atoms with Gasteiger partial charge in [0.2, 0.25) is 5.88 Å². The van der Waals surface area contributed by atoms with Crippen molar-refractivity contribution in [2.45, 2.75) is 25.5 Å². The molecule has 0 aliphatic heterocycles. The summed E-state index contributed by atoms with van der Waals surface area (Å²) in [6.07, 6.45) is -0.689. The Kier molecular flexibility index (Phi) is 7.25. The van der Waals surface area contributed by atoms with Gasteiger partial charge in [-0.05, 0) is 32.0 Å². The van der Waals surface area contributed by atoms with Crippen LogP contribution in [0.2, 0.25) is 10.2 Å². The van der Waals surface area contributed by atoms with Crippen LogP contribution in [0.4, 0.5) is 0 Å². The molecule has 8 heteroatoms. The van der Waals surface area contributed by atoms with E-state index in [0.717, 1.165) is 0 Å². The van der Waals surface area contributed by atoms with E-state index in [4.69, 9.17) is 32.7 Å². The number of halogens is 2. The van der Waals surface area contributed by atoms with Crippen molar-refractivity contribution in [1.29, 1.82) is 0 Å². The van der Waals surface area contributed by atoms with E-state index in [-0.39, 0.29) is 12.1 Å². The van der Waals surface area contributed by atoms with Gasteiger partial charge in [0.05, 0.1) is 5.02 Å². The number of nitrogens with one attached hydrogen (secondary N) is 1. The van der Waals surface area contributed by atoms with E-state index >= 15 is 0 Å². The van der Waals surface area contributed by atoms with Gasteiger partial charge in [0.15, 0.2) is 5.15 Å². The van der Waals surface area contributed by atoms with Crippen LogP contribution in [-0.4, -0.2) is 46.7 Å². The van der Waals surface area contributed by atoms with Gasteiger partial charge in [-0.2, -0.15) is 0 Å². The minimum atomic E-state index is -0.689. The number of aliphatic hydroxyl groups excluding tert-OH is 1. The maximum atomic E-state index is 10.1. The number of aromatic nitrogens is 2. The number of aliphatic hydroxyl groups is 1. The van der Waals surface area contributed by atoms with Gasteiger partial charge < -0.3 is 19.9 Å². The van der Waals surface area contributed by atoms with Crippen molar-refractivity contribution in [1.82, 2.24) is 15.5 Å². The summed E-state index contributed by atoms with van der Waals surface area (Å²) in [7, 11) is 0. The van der Waals surface area contributed by atoms with Crippen LogP contribution >= 0.6 is 23.2 Å². The topological polar surface area (TPSA) is 76.5 Å². The molecule has 0 fully saturated rings. The van der Waals surface area contributed by atoms with Crippen molar-refractivity contribution in [2.75, 3.05) is 19.8 Å². The first-order valence-corrected chi connectivity index (χ1v) is 8.54. The lowest BCUT2D eigenvalue weighted by atomic mass is 10.1. The van der Waals surface area contributed by atoms with E-state index in [2.05, 4.69) is 15.5 Å². The highest BCUT2D eigenvalue weighted by Gasteiger charge is 2.20. The molecule has 2 rings (SSSR count). The molecule has 0 aliphatic carbocycles. The van der Waals surface area contributed by atoms with E-state index in [1.54, 1.807) is 24.3 Å². The smallest absolute Gasteiger partial charge is 0.233 e. The molecule has 1 aromatic carbocycles. The molecule has 0 saturated carbocycles. The Labute approximate surface area is 157 Å². The molecule has 25 heavy (non-hydrogen) atoms. The molecule has 136 valence electrons. The first-order valence-electron chi connectivity index (χ1n) is 7.78. The highest BCUT2D eigenvalue weighted by Crippen LogP contribution is 2.23. The summed E-state index contributed by atoms with van der Waals surface area (Å²) in [5, 5.41) is 21.7. The predicted molar refractivity (Wildman–Crippen MR) is 97.6 cm³/mol. The Balaban J connectivity index is 1.72. The van der Waals surface area contributed by atoms with Crippen LogP contribution in [0.3, 0.4) is 0 Å². The first kappa shape index (κ1) is 19.7. The molecule has 6 nitrogen and oxygen atoms in total. The molecule has 0 amide bonds. The van der Waals surface area contributed by atoms with Crippen molar-refractivity contribution in [3.05, 3.63) is 46.6 Å². The van der Waals surface area contributed by atoms with Crippen molar-refractivity contribution >= 4 is 23.2 Å². The van der Waals surface area contributed by atoms with Crippen LogP contribution in [0, 0.1) is 0 Å². The van der Waals surface area contributed by atoms with Gasteiger partial charge in [-0.1, -0.05) is 35.3 Å². The Morgan fingerprint density at radius 2 is 1.88 bits per heavy atom. The fourth-order valence-electron chi connectivity index (χ4n) is 1.89. The lowest BCUT2D eigenvalue weighted by Crippen LogP contribution is -2.48. The third-order valence-corrected chi connectivity index (χ3v) is 3.79. The quantitative estimate of drug-likeness (QED) is 0.690. The fraction of sp³-hybridized carbons (Fsp3) is 0.412. The number of hydrogen-bond acceptors (Lipinski definition) is 6. The molecular weight excluding hydrogens is 365 g/mol. The summed E-state index contributed by atoms with van der Waals surface area (Å²) < 4.78 is 11.1. The summed E-state index contributed by atoms with van der Waals surface area (Å²) in [5.41, 5.74) is -0.382. The number of nitrogens with zero attached hydrogens (tertiary/aromatic N) is 2. The SMILES string of the molecule is CC(C)(COc1ccc(Cl)nn1)NC[C@H](O)COc1ccccc1Cl. The largest absolute Gasteiger partial charge is 0.489 e. The Bertz CT molecular complexity index is 668. The number of para-hydroxylation sites is 1. The van der Waals surface area contributed by atoms with Crippen LogP contribution in [-0.2, 0) is 0 Å². The van der Waals surface area contributed by atoms with Crippen LogP contribution in [0.5, 0.6) is 11.6 Å². The van der Waals surface area contributed by atoms with Gasteiger partial charge in [0.1, 0.15) is 25.1 Å². The highest BCUT2D eigenvalue weighted by molar-refractivity contribution is 6.32. The maximum absolute atomic E-state index is 10.1. The third kappa shape index (κ3) is 7.04. The second-order valence-corrected chi connectivity index (χ2v) is 6.94. The maximum Gasteiger partial charge on any atom is 0.233 e. The molecule has 0 radical (unpaired) electrons. The zero-order chi connectivity index (χ0) is 18.3. The molecule has 1 atom stereocenters. The second-order valence-electron chi connectivity index (χ2n) is 6.14. The number of hydrogen-bond donors (Lipinski definition) is 2. The summed E-state index contributed by atoms with van der Waals surface area (Å²) in [5.74, 6) is 0.939. The Morgan fingerprint density at radius 1 is 1.12 bits per heavy atom. The zero-order valence-electron chi connectivity index (χ0n) is 14.1. The Morgan fingerprint density at radius 3 is 2.56 bits per heavy atom. The highest BCUT2D eigenvalue weighted by atomic mass is 35.5. The summed E-state index contributed by atoms with van der Waals surface area (Å²) in [4.78, 5) is 0. The normalized spacial score (nSPS) is 12.7. The number of rotatable bonds is 9. The van der Waals surface area contributed by atoms with Crippen LogP contribution in [0.25, 0.3) is 0 Å². The van der Waals surface area contributed by atoms with E-state index in [0.29, 0.717) is 35.0 Å². The molecule has 0 unspecified atom stereocenters. The van der Waals surface area contributed by atoms with Crippen molar-refractivity contribution in [2.24, 2.45) is 0 Å². The van der Waals surface area contributed by atoms with Gasteiger partial charge in [-0.15, -0.1) is 10.2 Å².